The van der Waals surface area contributed by atoms with Crippen molar-refractivity contribution in [3.63, 3.8) is 0 Å². The molecule has 0 saturated heterocycles. The molecule has 0 saturated carbocycles. The summed E-state index contributed by atoms with van der Waals surface area (Å²) in [7, 11) is -3.29. The SMILES string of the molecule is CCS(=O)(=O)c1cccc(Nc2cc(Nc3ccccc3F)ncn2)c1. The van der Waals surface area contributed by atoms with Crippen LogP contribution in [0.15, 0.2) is 65.8 Å². The number of nitrogens with zero attached hydrogens (tertiary/aromatic N) is 2. The van der Waals surface area contributed by atoms with E-state index >= 15 is 0 Å². The molecule has 1 aromatic heterocycles. The lowest BCUT2D eigenvalue weighted by Crippen LogP contribution is -2.04. The van der Waals surface area contributed by atoms with Gasteiger partial charge in [0.2, 0.25) is 0 Å². The Labute approximate surface area is 151 Å². The molecule has 1 heterocycles. The van der Waals surface area contributed by atoms with E-state index in [1.54, 1.807) is 55.5 Å². The molecule has 134 valence electrons. The largest absolute Gasteiger partial charge is 0.340 e. The minimum atomic E-state index is -3.29. The molecule has 26 heavy (non-hydrogen) atoms. The van der Waals surface area contributed by atoms with Gasteiger partial charge in [-0.25, -0.2) is 22.8 Å². The molecule has 0 aliphatic rings. The first-order chi connectivity index (χ1) is 12.5. The summed E-state index contributed by atoms with van der Waals surface area (Å²) in [5.74, 6) is 0.494. The van der Waals surface area contributed by atoms with Crippen LogP contribution in [-0.2, 0) is 9.84 Å². The van der Waals surface area contributed by atoms with Crippen molar-refractivity contribution in [2.75, 3.05) is 16.4 Å². The predicted octanol–water partition coefficient (Wildman–Crippen LogP) is 3.90. The molecule has 2 aromatic carbocycles. The number of sulfone groups is 1. The molecule has 0 unspecified atom stereocenters. The molecular weight excluding hydrogens is 355 g/mol. The summed E-state index contributed by atoms with van der Waals surface area (Å²) < 4.78 is 37.7. The maximum Gasteiger partial charge on any atom is 0.178 e. The van der Waals surface area contributed by atoms with Crippen LogP contribution in [0.4, 0.5) is 27.4 Å². The van der Waals surface area contributed by atoms with Gasteiger partial charge in [0.05, 0.1) is 16.3 Å². The molecule has 0 bridgehead atoms. The second-order valence-corrected chi connectivity index (χ2v) is 7.73. The average molecular weight is 372 g/mol. The molecule has 3 aromatic rings. The highest BCUT2D eigenvalue weighted by atomic mass is 32.2. The van der Waals surface area contributed by atoms with Crippen molar-refractivity contribution >= 4 is 32.8 Å². The number of halogens is 1. The van der Waals surface area contributed by atoms with E-state index < -0.39 is 15.7 Å². The van der Waals surface area contributed by atoms with Gasteiger partial charge < -0.3 is 10.6 Å². The summed E-state index contributed by atoms with van der Waals surface area (Å²) >= 11 is 0. The van der Waals surface area contributed by atoms with E-state index in [1.807, 2.05) is 0 Å². The zero-order chi connectivity index (χ0) is 18.6. The smallest absolute Gasteiger partial charge is 0.178 e. The van der Waals surface area contributed by atoms with Gasteiger partial charge in [0.1, 0.15) is 23.8 Å². The first-order valence-corrected chi connectivity index (χ1v) is 9.56. The molecule has 0 atom stereocenters. The number of nitrogens with one attached hydrogen (secondary N) is 2. The maximum absolute atomic E-state index is 13.7. The summed E-state index contributed by atoms with van der Waals surface area (Å²) in [5, 5.41) is 5.91. The summed E-state index contributed by atoms with van der Waals surface area (Å²) in [6.45, 7) is 1.60. The Balaban J connectivity index is 1.81. The summed E-state index contributed by atoms with van der Waals surface area (Å²) in [6, 6.07) is 14.4. The van der Waals surface area contributed by atoms with Gasteiger partial charge in [-0.2, -0.15) is 0 Å². The molecule has 6 nitrogen and oxygen atoms in total. The third-order valence-corrected chi connectivity index (χ3v) is 5.38. The van der Waals surface area contributed by atoms with Crippen molar-refractivity contribution in [3.05, 3.63) is 66.7 Å². The van der Waals surface area contributed by atoms with E-state index in [1.165, 1.54) is 12.4 Å². The number of rotatable bonds is 6. The maximum atomic E-state index is 13.7. The minimum absolute atomic E-state index is 0.0284. The van der Waals surface area contributed by atoms with Crippen LogP contribution >= 0.6 is 0 Å². The van der Waals surface area contributed by atoms with E-state index in [2.05, 4.69) is 20.6 Å². The van der Waals surface area contributed by atoms with Gasteiger partial charge in [0, 0.05) is 11.8 Å². The molecule has 8 heteroatoms. The molecule has 0 aliphatic carbocycles. The van der Waals surface area contributed by atoms with Gasteiger partial charge in [0.25, 0.3) is 0 Å². The quantitative estimate of drug-likeness (QED) is 0.683. The molecule has 0 fully saturated rings. The van der Waals surface area contributed by atoms with Crippen molar-refractivity contribution in [1.29, 1.82) is 0 Å². The topological polar surface area (TPSA) is 84.0 Å². The number of hydrogen-bond donors (Lipinski definition) is 2. The van der Waals surface area contributed by atoms with Gasteiger partial charge in [-0.1, -0.05) is 25.1 Å². The van der Waals surface area contributed by atoms with Crippen LogP contribution < -0.4 is 10.6 Å². The summed E-state index contributed by atoms with van der Waals surface area (Å²) in [6.07, 6.45) is 1.33. The fourth-order valence-electron chi connectivity index (χ4n) is 2.28. The second kappa shape index (κ2) is 7.49. The van der Waals surface area contributed by atoms with Crippen LogP contribution in [0.3, 0.4) is 0 Å². The lowest BCUT2D eigenvalue weighted by Gasteiger charge is -2.10. The molecule has 3 rings (SSSR count). The van der Waals surface area contributed by atoms with E-state index in [0.717, 1.165) is 0 Å². The van der Waals surface area contributed by atoms with E-state index in [-0.39, 0.29) is 10.6 Å². The Morgan fingerprint density at radius 1 is 0.962 bits per heavy atom. The van der Waals surface area contributed by atoms with Crippen LogP contribution in [-0.4, -0.2) is 24.1 Å². The number of hydrogen-bond acceptors (Lipinski definition) is 6. The Hall–Kier alpha value is -3.00. The monoisotopic (exact) mass is 372 g/mol. The Morgan fingerprint density at radius 3 is 2.42 bits per heavy atom. The van der Waals surface area contributed by atoms with E-state index in [9.17, 15) is 12.8 Å². The lowest BCUT2D eigenvalue weighted by atomic mass is 10.3. The predicted molar refractivity (Wildman–Crippen MR) is 99.2 cm³/mol. The zero-order valence-electron chi connectivity index (χ0n) is 14.0. The first kappa shape index (κ1) is 17.8. The fraction of sp³-hybridized carbons (Fsp3) is 0.111. The van der Waals surface area contributed by atoms with Crippen molar-refractivity contribution < 1.29 is 12.8 Å². The molecule has 0 amide bonds. The normalized spacial score (nSPS) is 11.2. The van der Waals surface area contributed by atoms with Gasteiger partial charge >= 0.3 is 0 Å². The van der Waals surface area contributed by atoms with Crippen molar-refractivity contribution in [1.82, 2.24) is 9.97 Å². The average Bonchev–Trinajstić information content (AvgIpc) is 2.64. The van der Waals surface area contributed by atoms with Crippen molar-refractivity contribution in [2.24, 2.45) is 0 Å². The van der Waals surface area contributed by atoms with Crippen LogP contribution in [0.25, 0.3) is 0 Å². The number of anilines is 4. The van der Waals surface area contributed by atoms with E-state index in [0.29, 0.717) is 23.0 Å². The first-order valence-electron chi connectivity index (χ1n) is 7.91. The third kappa shape index (κ3) is 4.15. The fourth-order valence-corrected chi connectivity index (χ4v) is 3.20. The molecule has 0 spiro atoms. The third-order valence-electron chi connectivity index (χ3n) is 3.65. The highest BCUT2D eigenvalue weighted by Crippen LogP contribution is 2.22. The molecular formula is C18H17FN4O2S. The van der Waals surface area contributed by atoms with Gasteiger partial charge in [-0.05, 0) is 30.3 Å². The molecule has 0 aliphatic heterocycles. The summed E-state index contributed by atoms with van der Waals surface area (Å²) in [5.41, 5.74) is 0.878. The Morgan fingerprint density at radius 2 is 1.69 bits per heavy atom. The summed E-state index contributed by atoms with van der Waals surface area (Å²) in [4.78, 5) is 8.41. The standard InChI is InChI=1S/C18H17FN4O2S/c1-2-26(24,25)14-7-5-6-13(10-14)22-17-11-18(21-12-20-17)23-16-9-4-3-8-15(16)19/h3-12H,2H2,1H3,(H2,20,21,22,23). The minimum Gasteiger partial charge on any atom is -0.340 e. The van der Waals surface area contributed by atoms with E-state index in [4.69, 9.17) is 0 Å². The van der Waals surface area contributed by atoms with Gasteiger partial charge in [0.15, 0.2) is 9.84 Å². The van der Waals surface area contributed by atoms with Gasteiger partial charge in [-0.3, -0.25) is 0 Å². The van der Waals surface area contributed by atoms with Crippen LogP contribution in [0.5, 0.6) is 0 Å². The number of aromatic nitrogens is 2. The van der Waals surface area contributed by atoms with Crippen molar-refractivity contribution in [2.45, 2.75) is 11.8 Å². The second-order valence-electron chi connectivity index (χ2n) is 5.45. The lowest BCUT2D eigenvalue weighted by molar-refractivity contribution is 0.597. The van der Waals surface area contributed by atoms with Gasteiger partial charge in [-0.15, -0.1) is 0 Å². The van der Waals surface area contributed by atoms with Crippen LogP contribution in [0.2, 0.25) is 0 Å². The Bertz CT molecular complexity index is 1020. The van der Waals surface area contributed by atoms with Crippen LogP contribution in [0.1, 0.15) is 6.92 Å². The van der Waals surface area contributed by atoms with Crippen LogP contribution in [0, 0.1) is 5.82 Å². The molecule has 2 N–H and O–H groups in total. The highest BCUT2D eigenvalue weighted by Gasteiger charge is 2.12. The molecule has 0 radical (unpaired) electrons. The highest BCUT2D eigenvalue weighted by molar-refractivity contribution is 7.91. The zero-order valence-corrected chi connectivity index (χ0v) is 14.8. The van der Waals surface area contributed by atoms with Crippen molar-refractivity contribution in [3.8, 4) is 0 Å². The number of benzene rings is 2. The number of para-hydroxylation sites is 1. The Kier molecular flexibility index (Phi) is 5.13.